The Labute approximate surface area is 148 Å². The van der Waals surface area contributed by atoms with Gasteiger partial charge in [-0.1, -0.05) is 35.3 Å². The van der Waals surface area contributed by atoms with E-state index in [4.69, 9.17) is 28.9 Å². The Morgan fingerprint density at radius 3 is 2.48 bits per heavy atom. The molecule has 0 heterocycles. The highest BCUT2D eigenvalue weighted by atomic mass is 35.5. The van der Waals surface area contributed by atoms with Gasteiger partial charge in [-0.25, -0.2) is 8.42 Å². The van der Waals surface area contributed by atoms with Gasteiger partial charge < -0.3 is 5.73 Å². The van der Waals surface area contributed by atoms with Crippen molar-refractivity contribution in [1.29, 1.82) is 0 Å². The Balaban J connectivity index is 2.30. The maximum atomic E-state index is 12.4. The Kier molecular flexibility index (Phi) is 5.80. The molecule has 0 bridgehead atoms. The summed E-state index contributed by atoms with van der Waals surface area (Å²) in [6, 6.07) is 10.7. The van der Waals surface area contributed by atoms with Crippen LogP contribution >= 0.6 is 35.0 Å². The number of nitrogens with one attached hydrogen (secondary N) is 1. The highest BCUT2D eigenvalue weighted by Crippen LogP contribution is 2.30. The van der Waals surface area contributed by atoms with Gasteiger partial charge in [0.15, 0.2) is 0 Å². The molecule has 23 heavy (non-hydrogen) atoms. The fraction of sp³-hybridized carbons (Fsp3) is 0.0714. The molecular weight excluding hydrogens is 379 g/mol. The molecule has 0 aromatic heterocycles. The lowest BCUT2D eigenvalue weighted by Crippen LogP contribution is -2.15. The zero-order valence-electron chi connectivity index (χ0n) is 11.6. The average molecular weight is 391 g/mol. The normalized spacial score (nSPS) is 11.2. The highest BCUT2D eigenvalue weighted by molar-refractivity contribution is 8.00. The third-order valence-electron chi connectivity index (χ3n) is 2.70. The van der Waals surface area contributed by atoms with Crippen LogP contribution < -0.4 is 10.5 Å². The summed E-state index contributed by atoms with van der Waals surface area (Å²) in [5.74, 6) is -0.442. The molecule has 0 saturated heterocycles. The van der Waals surface area contributed by atoms with Gasteiger partial charge in [0.1, 0.15) is 0 Å². The summed E-state index contributed by atoms with van der Waals surface area (Å²) in [7, 11) is -3.84. The van der Waals surface area contributed by atoms with Gasteiger partial charge in [0.2, 0.25) is 5.91 Å². The number of nitrogens with two attached hydrogens (primary N) is 1. The van der Waals surface area contributed by atoms with Crippen LogP contribution in [0.4, 0.5) is 5.69 Å². The monoisotopic (exact) mass is 390 g/mol. The van der Waals surface area contributed by atoms with Crippen LogP contribution in [0.1, 0.15) is 0 Å². The summed E-state index contributed by atoms with van der Waals surface area (Å²) in [5.41, 5.74) is 5.47. The van der Waals surface area contributed by atoms with E-state index in [0.29, 0.717) is 10.6 Å². The second kappa shape index (κ2) is 7.44. The summed E-state index contributed by atoms with van der Waals surface area (Å²) >= 11 is 12.8. The summed E-state index contributed by atoms with van der Waals surface area (Å²) in [6.45, 7) is 0. The molecule has 1 amide bonds. The Morgan fingerprint density at radius 2 is 1.83 bits per heavy atom. The van der Waals surface area contributed by atoms with E-state index in [-0.39, 0.29) is 20.7 Å². The van der Waals surface area contributed by atoms with E-state index >= 15 is 0 Å². The molecule has 2 rings (SSSR count). The highest BCUT2D eigenvalue weighted by Gasteiger charge is 2.17. The smallest absolute Gasteiger partial charge is 0.261 e. The van der Waals surface area contributed by atoms with Crippen LogP contribution in [0.3, 0.4) is 0 Å². The number of hydrogen-bond acceptors (Lipinski definition) is 4. The molecule has 2 aromatic carbocycles. The van der Waals surface area contributed by atoms with E-state index in [1.54, 1.807) is 24.3 Å². The topological polar surface area (TPSA) is 89.3 Å². The quantitative estimate of drug-likeness (QED) is 0.739. The minimum absolute atomic E-state index is 0.0124. The molecule has 2 aromatic rings. The first-order valence-corrected chi connectivity index (χ1v) is 9.50. The summed E-state index contributed by atoms with van der Waals surface area (Å²) in [5, 5.41) is 0.411. The van der Waals surface area contributed by atoms with Crippen LogP contribution in [-0.4, -0.2) is 20.1 Å². The molecule has 0 radical (unpaired) electrons. The van der Waals surface area contributed by atoms with Gasteiger partial charge in [-0.2, -0.15) is 0 Å². The van der Waals surface area contributed by atoms with Gasteiger partial charge in [-0.3, -0.25) is 9.52 Å². The lowest BCUT2D eigenvalue weighted by molar-refractivity contribution is -0.115. The molecule has 0 aliphatic heterocycles. The van der Waals surface area contributed by atoms with E-state index < -0.39 is 15.9 Å². The second-order valence-corrected chi connectivity index (χ2v) is 7.95. The number of thioether (sulfide) groups is 1. The molecule has 0 fully saturated rings. The van der Waals surface area contributed by atoms with Gasteiger partial charge in [0.05, 0.1) is 26.4 Å². The van der Waals surface area contributed by atoms with Gasteiger partial charge in [-0.05, 0) is 30.3 Å². The van der Waals surface area contributed by atoms with Crippen molar-refractivity contribution in [3.63, 3.8) is 0 Å². The second-order valence-electron chi connectivity index (χ2n) is 4.43. The summed E-state index contributed by atoms with van der Waals surface area (Å²) in [6.07, 6.45) is 0. The number of sulfonamides is 1. The maximum absolute atomic E-state index is 12.4. The Bertz CT molecular complexity index is 842. The number of primary amides is 1. The number of anilines is 1. The zero-order valence-corrected chi connectivity index (χ0v) is 14.8. The number of carbonyl (C=O) groups excluding carboxylic acids is 1. The predicted octanol–water partition coefficient (Wildman–Crippen LogP) is 3.37. The third-order valence-corrected chi connectivity index (χ3v) is 5.90. The summed E-state index contributed by atoms with van der Waals surface area (Å²) < 4.78 is 27.4. The minimum atomic E-state index is -3.84. The van der Waals surface area contributed by atoms with Crippen LogP contribution in [0.5, 0.6) is 0 Å². The van der Waals surface area contributed by atoms with Gasteiger partial charge in [0, 0.05) is 4.90 Å². The number of benzene rings is 2. The largest absolute Gasteiger partial charge is 0.369 e. The van der Waals surface area contributed by atoms with Gasteiger partial charge >= 0.3 is 0 Å². The molecule has 5 nitrogen and oxygen atoms in total. The molecule has 0 unspecified atom stereocenters. The zero-order chi connectivity index (χ0) is 17.0. The maximum Gasteiger partial charge on any atom is 0.261 e. The Morgan fingerprint density at radius 1 is 1.13 bits per heavy atom. The first kappa shape index (κ1) is 17.9. The fourth-order valence-electron chi connectivity index (χ4n) is 1.67. The minimum Gasteiger partial charge on any atom is -0.369 e. The molecule has 0 spiro atoms. The van der Waals surface area contributed by atoms with Crippen molar-refractivity contribution in [2.75, 3.05) is 10.5 Å². The average Bonchev–Trinajstić information content (AvgIpc) is 2.48. The van der Waals surface area contributed by atoms with Crippen LogP contribution in [0.25, 0.3) is 0 Å². The Hall–Kier alpha value is -1.41. The molecule has 0 aliphatic rings. The van der Waals surface area contributed by atoms with Crippen LogP contribution in [0.15, 0.2) is 52.3 Å². The van der Waals surface area contributed by atoms with E-state index in [1.165, 1.54) is 18.2 Å². The van der Waals surface area contributed by atoms with Crippen LogP contribution in [-0.2, 0) is 14.8 Å². The molecule has 0 saturated carbocycles. The van der Waals surface area contributed by atoms with E-state index in [2.05, 4.69) is 4.72 Å². The summed E-state index contributed by atoms with van der Waals surface area (Å²) in [4.78, 5) is 11.5. The van der Waals surface area contributed by atoms with E-state index in [9.17, 15) is 13.2 Å². The number of para-hydroxylation sites is 1. The number of amides is 1. The lowest BCUT2D eigenvalue weighted by atomic mass is 10.3. The van der Waals surface area contributed by atoms with Crippen LogP contribution in [0.2, 0.25) is 10.0 Å². The number of hydrogen-bond donors (Lipinski definition) is 2. The van der Waals surface area contributed by atoms with Crippen molar-refractivity contribution in [1.82, 2.24) is 0 Å². The molecule has 3 N–H and O–H groups in total. The van der Waals surface area contributed by atoms with Crippen molar-refractivity contribution < 1.29 is 13.2 Å². The van der Waals surface area contributed by atoms with Crippen molar-refractivity contribution in [3.05, 3.63) is 52.5 Å². The van der Waals surface area contributed by atoms with Crippen molar-refractivity contribution >= 4 is 56.6 Å². The van der Waals surface area contributed by atoms with Gasteiger partial charge in [-0.15, -0.1) is 11.8 Å². The molecular formula is C14H12Cl2N2O3S2. The molecule has 0 atom stereocenters. The molecule has 122 valence electrons. The first-order chi connectivity index (χ1) is 10.8. The van der Waals surface area contributed by atoms with Crippen molar-refractivity contribution in [2.24, 2.45) is 5.73 Å². The van der Waals surface area contributed by atoms with Crippen molar-refractivity contribution in [3.8, 4) is 0 Å². The number of carbonyl (C=O) groups is 1. The lowest BCUT2D eigenvalue weighted by Gasteiger charge is -2.12. The first-order valence-electron chi connectivity index (χ1n) is 6.27. The fourth-order valence-corrected chi connectivity index (χ4v) is 3.95. The standard InChI is InChI=1S/C14H12Cl2N2O3S2/c15-10-6-5-9(7-11(10)16)23(20,21)18-12-3-1-2-4-13(12)22-8-14(17)19/h1-7,18H,8H2,(H2,17,19). The number of rotatable bonds is 6. The van der Waals surface area contributed by atoms with E-state index in [1.807, 2.05) is 0 Å². The predicted molar refractivity (Wildman–Crippen MR) is 93.6 cm³/mol. The third kappa shape index (κ3) is 4.78. The van der Waals surface area contributed by atoms with E-state index in [0.717, 1.165) is 11.8 Å². The molecule has 9 heteroatoms. The molecule has 0 aliphatic carbocycles. The van der Waals surface area contributed by atoms with Crippen molar-refractivity contribution in [2.45, 2.75) is 9.79 Å². The van der Waals surface area contributed by atoms with Crippen LogP contribution in [0, 0.1) is 0 Å². The number of halogens is 2. The SMILES string of the molecule is NC(=O)CSc1ccccc1NS(=O)(=O)c1ccc(Cl)c(Cl)c1. The van der Waals surface area contributed by atoms with Gasteiger partial charge in [0.25, 0.3) is 10.0 Å².